The van der Waals surface area contributed by atoms with Gasteiger partial charge in [-0.15, -0.1) is 0 Å². The van der Waals surface area contributed by atoms with Gasteiger partial charge < -0.3 is 9.52 Å². The first-order valence-corrected chi connectivity index (χ1v) is 9.58. The van der Waals surface area contributed by atoms with Crippen LogP contribution in [0.2, 0.25) is 0 Å². The number of hydrogen-bond donors (Lipinski definition) is 1. The summed E-state index contributed by atoms with van der Waals surface area (Å²) in [7, 11) is 4.10. The molecule has 6 heteroatoms. The number of benzene rings is 1. The van der Waals surface area contributed by atoms with E-state index in [4.69, 9.17) is 4.42 Å². The van der Waals surface area contributed by atoms with Crippen molar-refractivity contribution in [3.05, 3.63) is 72.2 Å². The summed E-state index contributed by atoms with van der Waals surface area (Å²) >= 11 is 0. The molecule has 1 fully saturated rings. The molecule has 146 valence electrons. The van der Waals surface area contributed by atoms with Crippen molar-refractivity contribution in [3.8, 4) is 11.6 Å². The van der Waals surface area contributed by atoms with E-state index in [9.17, 15) is 5.11 Å². The standard InChI is InChI=1S/C22H26N4O2/c1-25(2)22(18-7-4-3-5-8-18)10-11-26(16-20(22)27)15-17-13-23-21(24-14-17)19-9-6-12-28-19/h3-9,12-14,20,27H,10-11,15-16H2,1-2H3/t20-,22+/m1/s1. The molecule has 2 atom stereocenters. The van der Waals surface area contributed by atoms with E-state index in [-0.39, 0.29) is 5.54 Å². The first kappa shape index (κ1) is 18.8. The summed E-state index contributed by atoms with van der Waals surface area (Å²) in [5, 5.41) is 11.1. The number of hydrogen-bond acceptors (Lipinski definition) is 6. The van der Waals surface area contributed by atoms with Crippen LogP contribution < -0.4 is 0 Å². The maximum absolute atomic E-state index is 11.1. The highest BCUT2D eigenvalue weighted by Gasteiger charge is 2.45. The Hall–Kier alpha value is -2.54. The quantitative estimate of drug-likeness (QED) is 0.736. The SMILES string of the molecule is CN(C)[C@]1(c2ccccc2)CCN(Cc2cnc(-c3ccco3)nc2)C[C@H]1O. The predicted molar refractivity (Wildman–Crippen MR) is 107 cm³/mol. The lowest BCUT2D eigenvalue weighted by Gasteiger charge is -2.50. The van der Waals surface area contributed by atoms with Crippen molar-refractivity contribution in [2.24, 2.45) is 0 Å². The lowest BCUT2D eigenvalue weighted by molar-refractivity contribution is -0.0703. The van der Waals surface area contributed by atoms with Crippen molar-refractivity contribution < 1.29 is 9.52 Å². The van der Waals surface area contributed by atoms with Crippen molar-refractivity contribution in [3.63, 3.8) is 0 Å². The average Bonchev–Trinajstić information content (AvgIpc) is 3.24. The number of rotatable bonds is 5. The monoisotopic (exact) mass is 378 g/mol. The Kier molecular flexibility index (Phi) is 5.26. The zero-order chi connectivity index (χ0) is 19.6. The van der Waals surface area contributed by atoms with E-state index in [0.717, 1.165) is 18.5 Å². The van der Waals surface area contributed by atoms with Crippen molar-refractivity contribution in [1.29, 1.82) is 0 Å². The summed E-state index contributed by atoms with van der Waals surface area (Å²) in [5.41, 5.74) is 1.83. The van der Waals surface area contributed by atoms with Gasteiger partial charge in [-0.1, -0.05) is 30.3 Å². The zero-order valence-corrected chi connectivity index (χ0v) is 16.3. The molecule has 1 aromatic carbocycles. The highest BCUT2D eigenvalue weighted by Crippen LogP contribution is 2.37. The van der Waals surface area contributed by atoms with Crippen LogP contribution in [-0.4, -0.2) is 58.2 Å². The smallest absolute Gasteiger partial charge is 0.195 e. The number of aliphatic hydroxyl groups excluding tert-OH is 1. The third-order valence-electron chi connectivity index (χ3n) is 5.72. The van der Waals surface area contributed by atoms with Gasteiger partial charge >= 0.3 is 0 Å². The average molecular weight is 378 g/mol. The highest BCUT2D eigenvalue weighted by atomic mass is 16.3. The van der Waals surface area contributed by atoms with Crippen LogP contribution >= 0.6 is 0 Å². The van der Waals surface area contributed by atoms with Gasteiger partial charge in [0.2, 0.25) is 0 Å². The molecule has 1 saturated heterocycles. The molecule has 1 aliphatic heterocycles. The highest BCUT2D eigenvalue weighted by molar-refractivity contribution is 5.45. The van der Waals surface area contributed by atoms with Crippen molar-refractivity contribution in [2.75, 3.05) is 27.2 Å². The normalized spacial score (nSPS) is 23.2. The summed E-state index contributed by atoms with van der Waals surface area (Å²) in [4.78, 5) is 13.2. The first-order valence-electron chi connectivity index (χ1n) is 9.58. The lowest BCUT2D eigenvalue weighted by atomic mass is 9.77. The van der Waals surface area contributed by atoms with Crippen LogP contribution in [0.3, 0.4) is 0 Å². The molecule has 0 aliphatic carbocycles. The van der Waals surface area contributed by atoms with Crippen LogP contribution in [0.25, 0.3) is 11.6 Å². The summed E-state index contributed by atoms with van der Waals surface area (Å²) in [5.74, 6) is 1.25. The fourth-order valence-electron chi connectivity index (χ4n) is 4.20. The number of aliphatic hydroxyl groups is 1. The zero-order valence-electron chi connectivity index (χ0n) is 16.3. The van der Waals surface area contributed by atoms with Gasteiger partial charge in [-0.2, -0.15) is 0 Å². The van der Waals surface area contributed by atoms with E-state index >= 15 is 0 Å². The second kappa shape index (κ2) is 7.83. The van der Waals surface area contributed by atoms with Crippen LogP contribution in [0.1, 0.15) is 17.5 Å². The second-order valence-corrected chi connectivity index (χ2v) is 7.58. The maximum Gasteiger partial charge on any atom is 0.195 e. The molecular formula is C22H26N4O2. The number of furan rings is 1. The summed E-state index contributed by atoms with van der Waals surface area (Å²) in [6, 6.07) is 14.0. The van der Waals surface area contributed by atoms with E-state index in [1.54, 1.807) is 6.26 Å². The minimum absolute atomic E-state index is 0.364. The Bertz CT molecular complexity index is 881. The summed E-state index contributed by atoms with van der Waals surface area (Å²) in [6.07, 6.45) is 5.66. The largest absolute Gasteiger partial charge is 0.461 e. The van der Waals surface area contributed by atoms with Gasteiger partial charge in [0.05, 0.1) is 17.9 Å². The van der Waals surface area contributed by atoms with Crippen molar-refractivity contribution >= 4 is 0 Å². The van der Waals surface area contributed by atoms with E-state index in [1.165, 1.54) is 5.56 Å². The molecular weight excluding hydrogens is 352 g/mol. The maximum atomic E-state index is 11.1. The lowest BCUT2D eigenvalue weighted by Crippen LogP contribution is -2.59. The van der Waals surface area contributed by atoms with Gasteiger partial charge in [0.25, 0.3) is 0 Å². The molecule has 0 saturated carbocycles. The van der Waals surface area contributed by atoms with Crippen LogP contribution in [0.5, 0.6) is 0 Å². The topological polar surface area (TPSA) is 65.6 Å². The Balaban J connectivity index is 1.46. The van der Waals surface area contributed by atoms with Gasteiger partial charge in [-0.05, 0) is 38.2 Å². The molecule has 3 heterocycles. The third kappa shape index (κ3) is 3.46. The molecule has 1 N–H and O–H groups in total. The fourth-order valence-corrected chi connectivity index (χ4v) is 4.20. The molecule has 0 unspecified atom stereocenters. The predicted octanol–water partition coefficient (Wildman–Crippen LogP) is 2.76. The fraction of sp³-hybridized carbons (Fsp3) is 0.364. The molecule has 0 radical (unpaired) electrons. The van der Waals surface area contributed by atoms with Crippen LogP contribution in [0.15, 0.2) is 65.5 Å². The van der Waals surface area contributed by atoms with E-state index in [1.807, 2.05) is 56.8 Å². The number of likely N-dealkylation sites (tertiary alicyclic amines) is 1. The molecule has 0 bridgehead atoms. The van der Waals surface area contributed by atoms with E-state index in [2.05, 4.69) is 31.9 Å². The summed E-state index contributed by atoms with van der Waals surface area (Å²) < 4.78 is 5.34. The molecule has 0 amide bonds. The molecule has 3 aromatic rings. The van der Waals surface area contributed by atoms with Gasteiger partial charge in [0.1, 0.15) is 0 Å². The van der Waals surface area contributed by atoms with Gasteiger partial charge in [0.15, 0.2) is 11.6 Å². The van der Waals surface area contributed by atoms with Crippen LogP contribution in [-0.2, 0) is 12.1 Å². The number of β-amino-alcohol motifs (C(OH)–C–C–N with tert-alkyl or cyclic N) is 1. The van der Waals surface area contributed by atoms with E-state index < -0.39 is 6.10 Å². The summed E-state index contributed by atoms with van der Waals surface area (Å²) in [6.45, 7) is 2.21. The molecule has 6 nitrogen and oxygen atoms in total. The van der Waals surface area contributed by atoms with Gasteiger partial charge in [0, 0.05) is 37.6 Å². The van der Waals surface area contributed by atoms with Crippen molar-refractivity contribution in [1.82, 2.24) is 19.8 Å². The Morgan fingerprint density at radius 1 is 1.14 bits per heavy atom. The minimum atomic E-state index is -0.484. The van der Waals surface area contributed by atoms with Gasteiger partial charge in [-0.3, -0.25) is 9.80 Å². The molecule has 1 aliphatic rings. The second-order valence-electron chi connectivity index (χ2n) is 7.58. The Labute approximate surface area is 165 Å². The molecule has 2 aromatic heterocycles. The molecule has 4 rings (SSSR count). The Morgan fingerprint density at radius 2 is 1.89 bits per heavy atom. The molecule has 0 spiro atoms. The van der Waals surface area contributed by atoms with Crippen molar-refractivity contribution in [2.45, 2.75) is 24.6 Å². The first-order chi connectivity index (χ1) is 13.6. The van der Waals surface area contributed by atoms with Crippen LogP contribution in [0.4, 0.5) is 0 Å². The number of likely N-dealkylation sites (N-methyl/N-ethyl adjacent to an activating group) is 1. The molecule has 28 heavy (non-hydrogen) atoms. The number of piperidine rings is 1. The van der Waals surface area contributed by atoms with Crippen LogP contribution in [0, 0.1) is 0 Å². The third-order valence-corrected chi connectivity index (χ3v) is 5.72. The Morgan fingerprint density at radius 3 is 2.50 bits per heavy atom. The van der Waals surface area contributed by atoms with Gasteiger partial charge in [-0.25, -0.2) is 9.97 Å². The number of nitrogens with zero attached hydrogens (tertiary/aromatic N) is 4. The minimum Gasteiger partial charge on any atom is -0.461 e. The number of aromatic nitrogens is 2. The van der Waals surface area contributed by atoms with E-state index in [0.29, 0.717) is 24.7 Å².